The van der Waals surface area contributed by atoms with E-state index in [2.05, 4.69) is 27.7 Å². The minimum Gasteiger partial charge on any atom is -0.358 e. The van der Waals surface area contributed by atoms with Gasteiger partial charge in [0.15, 0.2) is 0 Å². The fourth-order valence-electron chi connectivity index (χ4n) is 0. The third kappa shape index (κ3) is 134. The zero-order valence-electron chi connectivity index (χ0n) is 10.8. The second kappa shape index (κ2) is 29.6. The van der Waals surface area contributed by atoms with Gasteiger partial charge < -0.3 is 7.43 Å². The first kappa shape index (κ1) is 36.0. The Morgan fingerprint density at radius 2 is 0.867 bits per heavy atom. The third-order valence-corrected chi connectivity index (χ3v) is 3.61. The molecule has 5 heteroatoms. The van der Waals surface area contributed by atoms with Gasteiger partial charge in [-0.05, 0) is 6.04 Å². The Kier molecular flexibility index (Phi) is 71.0. The monoisotopic (exact) mass is 288 g/mol. The van der Waals surface area contributed by atoms with E-state index in [1.54, 1.807) is 0 Å². The van der Waals surface area contributed by atoms with Gasteiger partial charge in [0.25, 0.3) is 0 Å². The van der Waals surface area contributed by atoms with Gasteiger partial charge in [0.05, 0.1) is 0 Å². The minimum atomic E-state index is -2.21. The van der Waals surface area contributed by atoms with Crippen LogP contribution in [0.25, 0.3) is 0 Å². The average Bonchev–Trinajstić information content (AvgIpc) is 1.90. The molecule has 0 heterocycles. The quantitative estimate of drug-likeness (QED) is 0.393. The van der Waals surface area contributed by atoms with Crippen LogP contribution in [0.4, 0.5) is 0 Å². The second-order valence-corrected chi connectivity index (χ2v) is 11.9. The van der Waals surface area contributed by atoms with Gasteiger partial charge in [-0.25, -0.2) is 0 Å². The van der Waals surface area contributed by atoms with Gasteiger partial charge in [-0.3, -0.25) is 0 Å². The Morgan fingerprint density at radius 3 is 0.867 bits per heavy atom. The van der Waals surface area contributed by atoms with Crippen molar-refractivity contribution in [2.24, 2.45) is 0 Å². The molecule has 0 unspecified atom stereocenters. The Hall–Kier alpha value is 1.68. The minimum absolute atomic E-state index is 0. The van der Waals surface area contributed by atoms with Gasteiger partial charge in [-0.1, -0.05) is 54.9 Å². The molecule has 0 aliphatic carbocycles. The normalized spacial score (nSPS) is 7.20. The molecular formula is C10H28Cl3LiSi. The summed E-state index contributed by atoms with van der Waals surface area (Å²) in [7, 11) is 0. The molecule has 0 aromatic heterocycles. The molecule has 0 spiro atoms. The molecule has 0 bridgehead atoms. The summed E-state index contributed by atoms with van der Waals surface area (Å²) in [4.78, 5) is 0. The van der Waals surface area contributed by atoms with E-state index in [1.165, 1.54) is 12.8 Å². The van der Waals surface area contributed by atoms with Crippen LogP contribution in [0.3, 0.4) is 0 Å². The van der Waals surface area contributed by atoms with E-state index < -0.39 is 6.00 Å². The maximum Gasteiger partial charge on any atom is 1.00 e. The fraction of sp³-hybridized carbons (Fsp3) is 0.900. The van der Waals surface area contributed by atoms with Gasteiger partial charge >= 0.3 is 24.9 Å². The van der Waals surface area contributed by atoms with Crippen molar-refractivity contribution in [1.29, 1.82) is 0 Å². The van der Waals surface area contributed by atoms with E-state index in [9.17, 15) is 0 Å². The molecule has 0 saturated heterocycles. The molecule has 0 aliphatic heterocycles. The van der Waals surface area contributed by atoms with Crippen molar-refractivity contribution in [3.63, 3.8) is 0 Å². The van der Waals surface area contributed by atoms with Crippen molar-refractivity contribution in [1.82, 2.24) is 0 Å². The number of hydrogen-bond donors (Lipinski definition) is 0. The van der Waals surface area contributed by atoms with E-state index in [0.29, 0.717) is 6.04 Å². The number of halogens is 3. The van der Waals surface area contributed by atoms with Crippen LogP contribution < -0.4 is 18.9 Å². The van der Waals surface area contributed by atoms with Crippen LogP contribution >= 0.6 is 33.2 Å². The molecule has 0 atom stereocenters. The maximum atomic E-state index is 5.39. The molecule has 0 aromatic carbocycles. The van der Waals surface area contributed by atoms with Crippen molar-refractivity contribution in [2.75, 3.05) is 0 Å². The number of hydrogen-bond acceptors (Lipinski definition) is 0. The van der Waals surface area contributed by atoms with Gasteiger partial charge in [0, 0.05) is 0 Å². The number of rotatable bonds is 1. The van der Waals surface area contributed by atoms with E-state index >= 15 is 0 Å². The topological polar surface area (TPSA) is 0 Å². The van der Waals surface area contributed by atoms with Crippen LogP contribution in [0.2, 0.25) is 6.04 Å². The van der Waals surface area contributed by atoms with Gasteiger partial charge in [0.1, 0.15) is 0 Å². The van der Waals surface area contributed by atoms with E-state index in [4.69, 9.17) is 33.2 Å². The summed E-state index contributed by atoms with van der Waals surface area (Å²) >= 11 is 16.2. The summed E-state index contributed by atoms with van der Waals surface area (Å²) in [5.41, 5.74) is 0. The van der Waals surface area contributed by atoms with Gasteiger partial charge in [0.2, 0.25) is 0 Å². The Bertz CT molecular complexity index is 66.2. The predicted molar refractivity (Wildman–Crippen MR) is 78.9 cm³/mol. The summed E-state index contributed by atoms with van der Waals surface area (Å²) in [6, 6.07) is -1.51. The molecule has 0 N–H and O–H groups in total. The molecule has 0 aromatic rings. The molecule has 0 amide bonds. The van der Waals surface area contributed by atoms with E-state index in [1.807, 2.05) is 6.92 Å². The maximum absolute atomic E-state index is 5.39. The van der Waals surface area contributed by atoms with Crippen LogP contribution in [0, 0.1) is 7.43 Å². The van der Waals surface area contributed by atoms with Crippen molar-refractivity contribution in [3.8, 4) is 0 Å². The van der Waals surface area contributed by atoms with Gasteiger partial charge in [-0.15, -0.1) is 33.2 Å². The zero-order valence-corrected chi connectivity index (χ0v) is 14.0. The summed E-state index contributed by atoms with van der Waals surface area (Å²) in [6.07, 6.45) is 2.50. The van der Waals surface area contributed by atoms with Crippen molar-refractivity contribution in [2.45, 2.75) is 60.9 Å². The average molecular weight is 290 g/mol. The van der Waals surface area contributed by atoms with Crippen LogP contribution in [0.15, 0.2) is 0 Å². The first-order chi connectivity index (χ1) is 5.39. The summed E-state index contributed by atoms with van der Waals surface area (Å²) in [5, 5.41) is 0. The second-order valence-electron chi connectivity index (χ2n) is 2.38. The van der Waals surface area contributed by atoms with Crippen molar-refractivity contribution < 1.29 is 18.9 Å². The molecule has 94 valence electrons. The van der Waals surface area contributed by atoms with E-state index in [0.717, 1.165) is 0 Å². The van der Waals surface area contributed by atoms with Crippen molar-refractivity contribution >= 4 is 39.2 Å². The first-order valence-electron chi connectivity index (χ1n) is 4.46. The molecular weight excluding hydrogens is 261 g/mol. The summed E-state index contributed by atoms with van der Waals surface area (Å²) in [5.74, 6) is 0. The largest absolute Gasteiger partial charge is 1.00 e. The SMILES string of the molecule is C.CCC.CCC.CC[Si](Cl)(Cl)Cl.[CH3-].[Li+]. The van der Waals surface area contributed by atoms with Crippen LogP contribution in [-0.4, -0.2) is 6.00 Å². The third-order valence-electron chi connectivity index (χ3n) is 0.401. The van der Waals surface area contributed by atoms with Crippen LogP contribution in [0.1, 0.15) is 54.9 Å². The summed E-state index contributed by atoms with van der Waals surface area (Å²) in [6.45, 7) is 10.4. The van der Waals surface area contributed by atoms with Crippen LogP contribution in [0.5, 0.6) is 0 Å². The van der Waals surface area contributed by atoms with Crippen molar-refractivity contribution in [3.05, 3.63) is 7.43 Å². The zero-order chi connectivity index (χ0) is 10.6. The predicted octanol–water partition coefficient (Wildman–Crippen LogP) is 3.58. The first-order valence-corrected chi connectivity index (χ1v) is 9.70. The van der Waals surface area contributed by atoms with Crippen LogP contribution in [-0.2, 0) is 0 Å². The molecule has 0 rings (SSSR count). The molecule has 0 radical (unpaired) electrons. The summed E-state index contributed by atoms with van der Waals surface area (Å²) < 4.78 is 0. The van der Waals surface area contributed by atoms with E-state index in [-0.39, 0.29) is 33.7 Å². The molecule has 0 nitrogen and oxygen atoms in total. The standard InChI is InChI=1S/2C3H8.C2H5Cl3Si.CH4.CH3.Li/c2*1-3-2;1-2-6(3,4)5;;;/h2*3H2,1-2H3;2H2,1H3;1H4;1H3;/q;;;;-1;+1. The molecule has 0 fully saturated rings. The Morgan fingerprint density at radius 1 is 0.800 bits per heavy atom. The molecule has 15 heavy (non-hydrogen) atoms. The Balaban J connectivity index is -0.0000000200. The van der Waals surface area contributed by atoms with Gasteiger partial charge in [-0.2, -0.15) is 0 Å². The molecule has 0 aliphatic rings. The smallest absolute Gasteiger partial charge is 0.358 e. The Labute approximate surface area is 126 Å². The molecule has 0 saturated carbocycles. The fourth-order valence-corrected chi connectivity index (χ4v) is 0.